The standard InChI is InChI=1S/C24H23FN4O/c1-14-5-10-20(11-15(14)2)29-23-22(17(4)28-29)21(12-16(3)27-23)24(30)26-13-18-6-8-19(25)9-7-18/h5-12H,13H2,1-4H3,(H,26,30). The summed E-state index contributed by atoms with van der Waals surface area (Å²) < 4.78 is 14.9. The number of fused-ring (bicyclic) bond motifs is 1. The van der Waals surface area contributed by atoms with Crippen molar-refractivity contribution in [2.45, 2.75) is 34.2 Å². The van der Waals surface area contributed by atoms with E-state index in [2.05, 4.69) is 41.4 Å². The Hall–Kier alpha value is -3.54. The van der Waals surface area contributed by atoms with E-state index in [0.717, 1.165) is 28.0 Å². The van der Waals surface area contributed by atoms with Gasteiger partial charge < -0.3 is 5.32 Å². The lowest BCUT2D eigenvalue weighted by molar-refractivity contribution is 0.0952. The molecule has 2 aromatic carbocycles. The predicted molar refractivity (Wildman–Crippen MR) is 115 cm³/mol. The van der Waals surface area contributed by atoms with Crippen molar-refractivity contribution in [1.29, 1.82) is 0 Å². The van der Waals surface area contributed by atoms with Gasteiger partial charge in [0.2, 0.25) is 0 Å². The largest absolute Gasteiger partial charge is 0.348 e. The molecule has 1 N–H and O–H groups in total. The summed E-state index contributed by atoms with van der Waals surface area (Å²) in [6.07, 6.45) is 0. The van der Waals surface area contributed by atoms with Crippen LogP contribution in [0.4, 0.5) is 4.39 Å². The number of carbonyl (C=O) groups excluding carboxylic acids is 1. The quantitative estimate of drug-likeness (QED) is 0.537. The van der Waals surface area contributed by atoms with Crippen LogP contribution in [0.1, 0.15) is 38.4 Å². The normalized spacial score (nSPS) is 11.1. The topological polar surface area (TPSA) is 59.8 Å². The molecule has 0 unspecified atom stereocenters. The van der Waals surface area contributed by atoms with E-state index in [1.807, 2.05) is 19.9 Å². The van der Waals surface area contributed by atoms with Gasteiger partial charge in [-0.3, -0.25) is 4.79 Å². The number of amides is 1. The second-order valence-corrected chi connectivity index (χ2v) is 7.58. The SMILES string of the molecule is Cc1cc(C(=O)NCc2ccc(F)cc2)c2c(C)nn(-c3ccc(C)c(C)c3)c2n1. The summed E-state index contributed by atoms with van der Waals surface area (Å²) in [5.74, 6) is -0.511. The van der Waals surface area contributed by atoms with Gasteiger partial charge in [0.05, 0.1) is 22.3 Å². The summed E-state index contributed by atoms with van der Waals surface area (Å²) in [5, 5.41) is 8.33. The fourth-order valence-electron chi connectivity index (χ4n) is 3.51. The summed E-state index contributed by atoms with van der Waals surface area (Å²) in [6, 6.07) is 14.0. The van der Waals surface area contributed by atoms with E-state index in [1.54, 1.807) is 22.9 Å². The Morgan fingerprint density at radius 3 is 2.43 bits per heavy atom. The second-order valence-electron chi connectivity index (χ2n) is 7.58. The maximum Gasteiger partial charge on any atom is 0.252 e. The number of carbonyl (C=O) groups is 1. The molecule has 2 aromatic heterocycles. The van der Waals surface area contributed by atoms with Crippen molar-refractivity contribution in [3.05, 3.63) is 88.0 Å². The lowest BCUT2D eigenvalue weighted by Gasteiger charge is -2.09. The molecule has 0 fully saturated rings. The number of aryl methyl sites for hydroxylation is 4. The third-order valence-electron chi connectivity index (χ3n) is 5.29. The minimum Gasteiger partial charge on any atom is -0.348 e. The molecule has 0 spiro atoms. The van der Waals surface area contributed by atoms with Crippen molar-refractivity contribution < 1.29 is 9.18 Å². The lowest BCUT2D eigenvalue weighted by Crippen LogP contribution is -2.23. The first-order valence-corrected chi connectivity index (χ1v) is 9.80. The van der Waals surface area contributed by atoms with E-state index in [1.165, 1.54) is 23.3 Å². The van der Waals surface area contributed by atoms with Gasteiger partial charge in [0.1, 0.15) is 5.82 Å². The lowest BCUT2D eigenvalue weighted by atomic mass is 10.1. The van der Waals surface area contributed by atoms with Gasteiger partial charge in [0.25, 0.3) is 5.91 Å². The number of halogens is 1. The van der Waals surface area contributed by atoms with Gasteiger partial charge in [-0.1, -0.05) is 18.2 Å². The third-order valence-corrected chi connectivity index (χ3v) is 5.29. The van der Waals surface area contributed by atoms with E-state index < -0.39 is 0 Å². The van der Waals surface area contributed by atoms with Crippen LogP contribution in [0.15, 0.2) is 48.5 Å². The number of hydrogen-bond donors (Lipinski definition) is 1. The molecule has 4 aromatic rings. The van der Waals surface area contributed by atoms with E-state index in [4.69, 9.17) is 0 Å². The summed E-state index contributed by atoms with van der Waals surface area (Å²) in [7, 11) is 0. The molecule has 30 heavy (non-hydrogen) atoms. The van der Waals surface area contributed by atoms with Crippen LogP contribution in [0.5, 0.6) is 0 Å². The van der Waals surface area contributed by atoms with Crippen molar-refractivity contribution in [3.63, 3.8) is 0 Å². The minimum absolute atomic E-state index is 0.211. The van der Waals surface area contributed by atoms with Gasteiger partial charge >= 0.3 is 0 Å². The molecule has 0 aliphatic carbocycles. The van der Waals surface area contributed by atoms with Crippen molar-refractivity contribution in [3.8, 4) is 5.69 Å². The number of aromatic nitrogens is 3. The number of rotatable bonds is 4. The zero-order chi connectivity index (χ0) is 21.4. The Labute approximate surface area is 174 Å². The fraction of sp³-hybridized carbons (Fsp3) is 0.208. The Balaban J connectivity index is 1.73. The van der Waals surface area contributed by atoms with Crippen LogP contribution in [-0.2, 0) is 6.54 Å². The van der Waals surface area contributed by atoms with Crippen LogP contribution in [0.2, 0.25) is 0 Å². The molecular formula is C24H23FN4O. The molecule has 0 saturated carbocycles. The first-order valence-electron chi connectivity index (χ1n) is 9.80. The van der Waals surface area contributed by atoms with Gasteiger partial charge in [-0.25, -0.2) is 14.1 Å². The van der Waals surface area contributed by atoms with Crippen LogP contribution >= 0.6 is 0 Å². The van der Waals surface area contributed by atoms with Crippen molar-refractivity contribution in [2.24, 2.45) is 0 Å². The first kappa shape index (κ1) is 19.8. The number of nitrogens with zero attached hydrogens (tertiary/aromatic N) is 3. The Kier molecular flexibility index (Phi) is 5.08. The molecule has 0 aliphatic heterocycles. The Morgan fingerprint density at radius 1 is 1.00 bits per heavy atom. The van der Waals surface area contributed by atoms with Crippen LogP contribution in [0, 0.1) is 33.5 Å². The van der Waals surface area contributed by atoms with Gasteiger partial charge in [-0.2, -0.15) is 5.10 Å². The molecule has 4 rings (SSSR count). The molecule has 0 saturated heterocycles. The maximum atomic E-state index is 13.1. The summed E-state index contributed by atoms with van der Waals surface area (Å²) in [4.78, 5) is 17.7. The monoisotopic (exact) mass is 402 g/mol. The molecule has 0 radical (unpaired) electrons. The molecule has 0 atom stereocenters. The van der Waals surface area contributed by atoms with Crippen LogP contribution in [-0.4, -0.2) is 20.7 Å². The maximum absolute atomic E-state index is 13.1. The molecular weight excluding hydrogens is 379 g/mol. The predicted octanol–water partition coefficient (Wildman–Crippen LogP) is 4.72. The number of hydrogen-bond acceptors (Lipinski definition) is 3. The molecule has 152 valence electrons. The van der Waals surface area contributed by atoms with E-state index in [-0.39, 0.29) is 11.7 Å². The number of nitrogens with one attached hydrogen (secondary N) is 1. The summed E-state index contributed by atoms with van der Waals surface area (Å²) in [5.41, 5.74) is 6.77. The van der Waals surface area contributed by atoms with Crippen LogP contribution in [0.3, 0.4) is 0 Å². The van der Waals surface area contributed by atoms with Gasteiger partial charge in [-0.05, 0) is 74.7 Å². The average Bonchev–Trinajstić information content (AvgIpc) is 3.05. The highest BCUT2D eigenvalue weighted by atomic mass is 19.1. The zero-order valence-electron chi connectivity index (χ0n) is 17.5. The molecule has 2 heterocycles. The first-order chi connectivity index (χ1) is 14.3. The molecule has 6 heteroatoms. The highest BCUT2D eigenvalue weighted by Gasteiger charge is 2.19. The highest BCUT2D eigenvalue weighted by molar-refractivity contribution is 6.06. The van der Waals surface area contributed by atoms with E-state index >= 15 is 0 Å². The summed E-state index contributed by atoms with van der Waals surface area (Å²) >= 11 is 0. The smallest absolute Gasteiger partial charge is 0.252 e. The third kappa shape index (κ3) is 3.68. The molecule has 0 bridgehead atoms. The Morgan fingerprint density at radius 2 is 1.73 bits per heavy atom. The molecule has 0 aliphatic rings. The number of pyridine rings is 1. The van der Waals surface area contributed by atoms with Crippen LogP contribution < -0.4 is 5.32 Å². The van der Waals surface area contributed by atoms with Crippen LogP contribution in [0.25, 0.3) is 16.7 Å². The van der Waals surface area contributed by atoms with Crippen molar-refractivity contribution in [2.75, 3.05) is 0 Å². The van der Waals surface area contributed by atoms with Gasteiger partial charge in [0, 0.05) is 12.2 Å². The van der Waals surface area contributed by atoms with Crippen molar-refractivity contribution in [1.82, 2.24) is 20.1 Å². The summed E-state index contributed by atoms with van der Waals surface area (Å²) in [6.45, 7) is 8.19. The second kappa shape index (κ2) is 7.71. The van der Waals surface area contributed by atoms with E-state index in [9.17, 15) is 9.18 Å². The van der Waals surface area contributed by atoms with Gasteiger partial charge in [0.15, 0.2) is 5.65 Å². The van der Waals surface area contributed by atoms with Gasteiger partial charge in [-0.15, -0.1) is 0 Å². The average molecular weight is 402 g/mol. The fourth-order valence-corrected chi connectivity index (χ4v) is 3.51. The minimum atomic E-state index is -0.300. The molecule has 1 amide bonds. The zero-order valence-corrected chi connectivity index (χ0v) is 17.5. The Bertz CT molecular complexity index is 1260. The van der Waals surface area contributed by atoms with E-state index in [0.29, 0.717) is 17.8 Å². The highest BCUT2D eigenvalue weighted by Crippen LogP contribution is 2.26. The van der Waals surface area contributed by atoms with Crippen molar-refractivity contribution >= 4 is 16.9 Å². The molecule has 5 nitrogen and oxygen atoms in total. The number of benzene rings is 2.